The van der Waals surface area contributed by atoms with Crippen molar-refractivity contribution in [3.8, 4) is 0 Å². The van der Waals surface area contributed by atoms with Crippen molar-refractivity contribution in [2.24, 2.45) is 5.73 Å². The highest BCUT2D eigenvalue weighted by atomic mass is 79.9. The van der Waals surface area contributed by atoms with Crippen molar-refractivity contribution in [1.82, 2.24) is 0 Å². The zero-order valence-corrected chi connectivity index (χ0v) is 13.1. The predicted octanol–water partition coefficient (Wildman–Crippen LogP) is 4.93. The molecule has 0 saturated heterocycles. The normalized spacial score (nSPS) is 12.5. The molecule has 0 aliphatic carbocycles. The molecule has 0 spiro atoms. The van der Waals surface area contributed by atoms with E-state index in [9.17, 15) is 8.78 Å². The van der Waals surface area contributed by atoms with E-state index in [4.69, 9.17) is 17.3 Å². The molecule has 1 atom stereocenters. The van der Waals surface area contributed by atoms with Crippen LogP contribution in [0.15, 0.2) is 34.8 Å². The molecule has 2 N–H and O–H groups in total. The maximum Gasteiger partial charge on any atom is 0.143 e. The van der Waals surface area contributed by atoms with Crippen LogP contribution in [-0.4, -0.2) is 0 Å². The van der Waals surface area contributed by atoms with E-state index >= 15 is 0 Å². The van der Waals surface area contributed by atoms with Gasteiger partial charge in [0.15, 0.2) is 0 Å². The quantitative estimate of drug-likeness (QED) is 0.772. The van der Waals surface area contributed by atoms with Crippen LogP contribution in [0.1, 0.15) is 22.7 Å². The lowest BCUT2D eigenvalue weighted by Gasteiger charge is -2.15. The summed E-state index contributed by atoms with van der Waals surface area (Å²) in [6.07, 6.45) is 0.0664. The van der Waals surface area contributed by atoms with Gasteiger partial charge in [0.1, 0.15) is 11.6 Å². The second-order valence-electron chi connectivity index (χ2n) is 4.69. The van der Waals surface area contributed by atoms with Crippen LogP contribution in [0, 0.1) is 18.6 Å². The van der Waals surface area contributed by atoms with Crippen molar-refractivity contribution in [1.29, 1.82) is 0 Å². The Morgan fingerprint density at radius 3 is 2.60 bits per heavy atom. The van der Waals surface area contributed by atoms with Gasteiger partial charge in [0, 0.05) is 16.6 Å². The van der Waals surface area contributed by atoms with Crippen LogP contribution >= 0.6 is 27.5 Å². The molecule has 1 nitrogen and oxygen atoms in total. The van der Waals surface area contributed by atoms with Gasteiger partial charge in [-0.05, 0) is 64.7 Å². The minimum Gasteiger partial charge on any atom is -0.324 e. The first-order valence-electron chi connectivity index (χ1n) is 6.03. The lowest BCUT2D eigenvalue weighted by Crippen LogP contribution is -2.15. The molecular formula is C15H13BrClF2N. The van der Waals surface area contributed by atoms with Crippen LogP contribution in [0.2, 0.25) is 5.02 Å². The summed E-state index contributed by atoms with van der Waals surface area (Å²) in [7, 11) is 0. The molecule has 20 heavy (non-hydrogen) atoms. The van der Waals surface area contributed by atoms with Crippen molar-refractivity contribution in [3.05, 3.63) is 68.2 Å². The first kappa shape index (κ1) is 15.4. The summed E-state index contributed by atoms with van der Waals surface area (Å²) in [6, 6.07) is 7.42. The van der Waals surface area contributed by atoms with Crippen molar-refractivity contribution < 1.29 is 8.78 Å². The van der Waals surface area contributed by atoms with Gasteiger partial charge < -0.3 is 5.73 Å². The van der Waals surface area contributed by atoms with E-state index in [1.165, 1.54) is 12.1 Å². The van der Waals surface area contributed by atoms with E-state index in [0.29, 0.717) is 5.02 Å². The Labute approximate surface area is 129 Å². The fraction of sp³-hybridized carbons (Fsp3) is 0.200. The van der Waals surface area contributed by atoms with Gasteiger partial charge in [-0.3, -0.25) is 0 Å². The van der Waals surface area contributed by atoms with Crippen molar-refractivity contribution in [2.45, 2.75) is 19.4 Å². The molecule has 0 saturated carbocycles. The molecule has 0 aromatic heterocycles. The fourth-order valence-electron chi connectivity index (χ4n) is 2.07. The van der Waals surface area contributed by atoms with Crippen LogP contribution in [0.4, 0.5) is 8.78 Å². The maximum atomic E-state index is 13.9. The van der Waals surface area contributed by atoms with E-state index < -0.39 is 17.7 Å². The summed E-state index contributed by atoms with van der Waals surface area (Å²) in [5.74, 6) is -1.21. The summed E-state index contributed by atoms with van der Waals surface area (Å²) in [5.41, 5.74) is 7.74. The van der Waals surface area contributed by atoms with Crippen LogP contribution in [0.3, 0.4) is 0 Å². The number of nitrogens with two attached hydrogens (primary N) is 1. The summed E-state index contributed by atoms with van der Waals surface area (Å²) in [4.78, 5) is 0. The van der Waals surface area contributed by atoms with Crippen molar-refractivity contribution in [3.63, 3.8) is 0 Å². The summed E-state index contributed by atoms with van der Waals surface area (Å²) in [5, 5.41) is 0.561. The molecule has 2 aromatic carbocycles. The predicted molar refractivity (Wildman–Crippen MR) is 80.9 cm³/mol. The number of rotatable bonds is 3. The second kappa shape index (κ2) is 6.20. The maximum absolute atomic E-state index is 13.9. The number of hydrogen-bond donors (Lipinski definition) is 1. The highest BCUT2D eigenvalue weighted by Crippen LogP contribution is 2.27. The Hall–Kier alpha value is -0.970. The average molecular weight is 361 g/mol. The molecule has 0 amide bonds. The number of hydrogen-bond acceptors (Lipinski definition) is 1. The van der Waals surface area contributed by atoms with E-state index in [1.54, 1.807) is 12.1 Å². The molecular weight excluding hydrogens is 348 g/mol. The highest BCUT2D eigenvalue weighted by Gasteiger charge is 2.17. The van der Waals surface area contributed by atoms with E-state index in [1.807, 2.05) is 13.0 Å². The third-order valence-corrected chi connectivity index (χ3v) is 3.89. The standard InChI is InChI=1S/C15H13BrClF2N/c1-8-4-9(6-10(17)5-8)14(20)7-11-13(18)3-2-12(16)15(11)19/h2-6,14H,7,20H2,1H3. The average Bonchev–Trinajstić information content (AvgIpc) is 2.38. The van der Waals surface area contributed by atoms with E-state index in [-0.39, 0.29) is 16.5 Å². The zero-order valence-electron chi connectivity index (χ0n) is 10.8. The van der Waals surface area contributed by atoms with Crippen molar-refractivity contribution in [2.75, 3.05) is 0 Å². The van der Waals surface area contributed by atoms with E-state index in [0.717, 1.165) is 11.1 Å². The lowest BCUT2D eigenvalue weighted by atomic mass is 9.98. The first-order chi connectivity index (χ1) is 9.38. The van der Waals surface area contributed by atoms with Crippen LogP contribution in [0.25, 0.3) is 0 Å². The Balaban J connectivity index is 2.32. The molecule has 0 aliphatic rings. The lowest BCUT2D eigenvalue weighted by molar-refractivity contribution is 0.536. The molecule has 2 rings (SSSR count). The molecule has 0 radical (unpaired) electrons. The van der Waals surface area contributed by atoms with Gasteiger partial charge in [0.25, 0.3) is 0 Å². The topological polar surface area (TPSA) is 26.0 Å². The second-order valence-corrected chi connectivity index (χ2v) is 5.99. The highest BCUT2D eigenvalue weighted by molar-refractivity contribution is 9.10. The van der Waals surface area contributed by atoms with Crippen LogP contribution < -0.4 is 5.73 Å². The zero-order chi connectivity index (χ0) is 14.9. The summed E-state index contributed by atoms with van der Waals surface area (Å²) < 4.78 is 27.9. The Bertz CT molecular complexity index is 626. The minimum absolute atomic E-state index is 0.0236. The molecule has 0 heterocycles. The Kier molecular flexibility index (Phi) is 4.78. The number of aryl methyl sites for hydroxylation is 1. The van der Waals surface area contributed by atoms with Gasteiger partial charge in [-0.2, -0.15) is 0 Å². The molecule has 0 aliphatic heterocycles. The molecule has 0 fully saturated rings. The SMILES string of the molecule is Cc1cc(Cl)cc(C(N)Cc2c(F)ccc(Br)c2F)c1. The van der Waals surface area contributed by atoms with Gasteiger partial charge in [-0.15, -0.1) is 0 Å². The van der Waals surface area contributed by atoms with Gasteiger partial charge >= 0.3 is 0 Å². The third kappa shape index (κ3) is 3.37. The number of benzene rings is 2. The van der Waals surface area contributed by atoms with Gasteiger partial charge in [-0.25, -0.2) is 8.78 Å². The monoisotopic (exact) mass is 359 g/mol. The molecule has 1 unspecified atom stereocenters. The van der Waals surface area contributed by atoms with Crippen LogP contribution in [-0.2, 0) is 6.42 Å². The van der Waals surface area contributed by atoms with Gasteiger partial charge in [0.2, 0.25) is 0 Å². The molecule has 2 aromatic rings. The fourth-order valence-corrected chi connectivity index (χ4v) is 2.74. The number of halogens is 4. The smallest absolute Gasteiger partial charge is 0.143 e. The summed E-state index contributed by atoms with van der Waals surface area (Å²) >= 11 is 9.02. The van der Waals surface area contributed by atoms with Crippen LogP contribution in [0.5, 0.6) is 0 Å². The Morgan fingerprint density at radius 2 is 1.95 bits per heavy atom. The largest absolute Gasteiger partial charge is 0.324 e. The minimum atomic E-state index is -0.612. The molecule has 106 valence electrons. The Morgan fingerprint density at radius 1 is 1.25 bits per heavy atom. The van der Waals surface area contributed by atoms with E-state index in [2.05, 4.69) is 15.9 Å². The van der Waals surface area contributed by atoms with Gasteiger partial charge in [-0.1, -0.05) is 17.7 Å². The van der Waals surface area contributed by atoms with Gasteiger partial charge in [0.05, 0.1) is 4.47 Å². The van der Waals surface area contributed by atoms with Crippen molar-refractivity contribution >= 4 is 27.5 Å². The third-order valence-electron chi connectivity index (χ3n) is 3.06. The summed E-state index contributed by atoms with van der Waals surface area (Å²) in [6.45, 7) is 1.89. The molecule has 0 bridgehead atoms. The first-order valence-corrected chi connectivity index (χ1v) is 7.20. The molecule has 5 heteroatoms.